The van der Waals surface area contributed by atoms with E-state index >= 15 is 0 Å². The molecule has 1 heterocycles. The summed E-state index contributed by atoms with van der Waals surface area (Å²) in [5, 5.41) is 1.40. The molecule has 0 atom stereocenters. The van der Waals surface area contributed by atoms with E-state index in [0.717, 1.165) is 11.1 Å². The van der Waals surface area contributed by atoms with Crippen molar-refractivity contribution >= 4 is 22.5 Å². The van der Waals surface area contributed by atoms with Crippen LogP contribution in [0.1, 0.15) is 11.1 Å². The first kappa shape index (κ1) is 12.2. The minimum Gasteiger partial charge on any atom is -0.343 e. The first-order chi connectivity index (χ1) is 9.15. The van der Waals surface area contributed by atoms with Crippen LogP contribution in [-0.2, 0) is 6.54 Å². The summed E-state index contributed by atoms with van der Waals surface area (Å²) in [6.07, 6.45) is 2.03. The second-order valence-corrected chi connectivity index (χ2v) is 5.11. The smallest absolute Gasteiger partial charge is 0.142 e. The quantitative estimate of drug-likeness (QED) is 0.633. The van der Waals surface area contributed by atoms with Gasteiger partial charge in [0.1, 0.15) is 5.82 Å². The zero-order valence-corrected chi connectivity index (χ0v) is 11.3. The van der Waals surface area contributed by atoms with Crippen molar-refractivity contribution in [2.45, 2.75) is 13.5 Å². The predicted octanol–water partition coefficient (Wildman–Crippen LogP) is 4.79. The summed E-state index contributed by atoms with van der Waals surface area (Å²) < 4.78 is 15.6. The molecule has 0 aliphatic rings. The number of fused-ring (bicyclic) bond motifs is 1. The van der Waals surface area contributed by atoms with Crippen molar-refractivity contribution in [3.63, 3.8) is 0 Å². The molecule has 0 fully saturated rings. The molecule has 0 spiro atoms. The van der Waals surface area contributed by atoms with Crippen LogP contribution in [0.3, 0.4) is 0 Å². The predicted molar refractivity (Wildman–Crippen MR) is 77.2 cm³/mol. The lowest BCUT2D eigenvalue weighted by Crippen LogP contribution is -1.98. The Balaban J connectivity index is 2.01. The standard InChI is InChI=1S/C16H13ClFN/c1-11-3-2-4-16-13(11)7-8-19(16)10-12-5-6-14(17)15(18)9-12/h2-9H,10H2,1H3. The lowest BCUT2D eigenvalue weighted by molar-refractivity contribution is 0.624. The molecule has 0 saturated heterocycles. The highest BCUT2D eigenvalue weighted by Gasteiger charge is 2.05. The molecule has 0 aliphatic carbocycles. The molecule has 96 valence electrons. The maximum absolute atomic E-state index is 13.4. The molecule has 0 N–H and O–H groups in total. The molecule has 0 amide bonds. The highest BCUT2D eigenvalue weighted by atomic mass is 35.5. The van der Waals surface area contributed by atoms with Gasteiger partial charge in [-0.1, -0.05) is 29.8 Å². The van der Waals surface area contributed by atoms with Crippen LogP contribution < -0.4 is 0 Å². The van der Waals surface area contributed by atoms with Gasteiger partial charge in [-0.15, -0.1) is 0 Å². The molecule has 0 unspecified atom stereocenters. The molecule has 1 aromatic heterocycles. The minimum atomic E-state index is -0.369. The number of hydrogen-bond donors (Lipinski definition) is 0. The van der Waals surface area contributed by atoms with Crippen LogP contribution >= 0.6 is 11.6 Å². The van der Waals surface area contributed by atoms with E-state index in [4.69, 9.17) is 11.6 Å². The van der Waals surface area contributed by atoms with E-state index < -0.39 is 0 Å². The van der Waals surface area contributed by atoms with E-state index in [2.05, 4.69) is 29.7 Å². The Morgan fingerprint density at radius 1 is 1.16 bits per heavy atom. The molecule has 1 nitrogen and oxygen atoms in total. The molecule has 3 aromatic rings. The van der Waals surface area contributed by atoms with Crippen LogP contribution in [0, 0.1) is 12.7 Å². The van der Waals surface area contributed by atoms with Crippen molar-refractivity contribution in [3.05, 3.63) is 70.6 Å². The fourth-order valence-corrected chi connectivity index (χ4v) is 2.47. The lowest BCUT2D eigenvalue weighted by Gasteiger charge is -2.07. The molecule has 0 bridgehead atoms. The van der Waals surface area contributed by atoms with Crippen LogP contribution in [-0.4, -0.2) is 4.57 Å². The Labute approximate surface area is 116 Å². The zero-order valence-electron chi connectivity index (χ0n) is 10.5. The van der Waals surface area contributed by atoms with Crippen LogP contribution in [0.2, 0.25) is 5.02 Å². The van der Waals surface area contributed by atoms with Gasteiger partial charge in [-0.3, -0.25) is 0 Å². The maximum atomic E-state index is 13.4. The highest BCUT2D eigenvalue weighted by molar-refractivity contribution is 6.30. The summed E-state index contributed by atoms with van der Waals surface area (Å²) in [4.78, 5) is 0. The third kappa shape index (κ3) is 2.24. The number of aromatic nitrogens is 1. The SMILES string of the molecule is Cc1cccc2c1ccn2Cc1ccc(Cl)c(F)c1. The van der Waals surface area contributed by atoms with Gasteiger partial charge in [-0.25, -0.2) is 4.39 Å². The van der Waals surface area contributed by atoms with Crippen LogP contribution in [0.5, 0.6) is 0 Å². The van der Waals surface area contributed by atoms with E-state index in [1.165, 1.54) is 17.0 Å². The van der Waals surface area contributed by atoms with Crippen molar-refractivity contribution in [1.82, 2.24) is 4.57 Å². The largest absolute Gasteiger partial charge is 0.343 e. The molecule has 0 saturated carbocycles. The second kappa shape index (κ2) is 4.71. The summed E-state index contributed by atoms with van der Waals surface area (Å²) in [7, 11) is 0. The Morgan fingerprint density at radius 3 is 2.79 bits per heavy atom. The Hall–Kier alpha value is -1.80. The average molecular weight is 274 g/mol. The van der Waals surface area contributed by atoms with Gasteiger partial charge in [-0.05, 0) is 42.3 Å². The van der Waals surface area contributed by atoms with Gasteiger partial charge in [0.15, 0.2) is 0 Å². The summed E-state index contributed by atoms with van der Waals surface area (Å²) in [5.41, 5.74) is 3.31. The number of aryl methyl sites for hydroxylation is 1. The first-order valence-electron chi connectivity index (χ1n) is 6.13. The normalized spacial score (nSPS) is 11.1. The molecule has 2 aromatic carbocycles. The van der Waals surface area contributed by atoms with E-state index in [9.17, 15) is 4.39 Å². The van der Waals surface area contributed by atoms with E-state index in [0.29, 0.717) is 6.54 Å². The zero-order chi connectivity index (χ0) is 13.4. The average Bonchev–Trinajstić information content (AvgIpc) is 2.79. The van der Waals surface area contributed by atoms with Gasteiger partial charge >= 0.3 is 0 Å². The molecule has 0 radical (unpaired) electrons. The third-order valence-corrected chi connectivity index (χ3v) is 3.68. The van der Waals surface area contributed by atoms with Crippen molar-refractivity contribution in [3.8, 4) is 0 Å². The Bertz CT molecular complexity index is 746. The molecule has 0 aliphatic heterocycles. The molecule has 3 heteroatoms. The van der Waals surface area contributed by atoms with Gasteiger partial charge in [0.25, 0.3) is 0 Å². The van der Waals surface area contributed by atoms with Gasteiger partial charge in [0, 0.05) is 23.6 Å². The number of rotatable bonds is 2. The van der Waals surface area contributed by atoms with Gasteiger partial charge in [0.05, 0.1) is 5.02 Å². The number of nitrogens with zero attached hydrogens (tertiary/aromatic N) is 1. The second-order valence-electron chi connectivity index (χ2n) is 4.70. The van der Waals surface area contributed by atoms with Crippen molar-refractivity contribution in [1.29, 1.82) is 0 Å². The lowest BCUT2D eigenvalue weighted by atomic mass is 10.1. The molecular formula is C16H13ClFN. The fraction of sp³-hybridized carbons (Fsp3) is 0.125. The van der Waals surface area contributed by atoms with Crippen molar-refractivity contribution in [2.75, 3.05) is 0 Å². The van der Waals surface area contributed by atoms with E-state index in [1.807, 2.05) is 18.3 Å². The van der Waals surface area contributed by atoms with Crippen LogP contribution in [0.25, 0.3) is 10.9 Å². The summed E-state index contributed by atoms with van der Waals surface area (Å²) >= 11 is 5.70. The topological polar surface area (TPSA) is 4.93 Å². The molecule has 19 heavy (non-hydrogen) atoms. The van der Waals surface area contributed by atoms with Gasteiger partial charge in [0.2, 0.25) is 0 Å². The third-order valence-electron chi connectivity index (χ3n) is 3.37. The van der Waals surface area contributed by atoms with Crippen LogP contribution in [0.15, 0.2) is 48.7 Å². The summed E-state index contributed by atoms with van der Waals surface area (Å²) in [6.45, 7) is 2.73. The van der Waals surface area contributed by atoms with Crippen molar-refractivity contribution < 1.29 is 4.39 Å². The summed E-state index contributed by atoms with van der Waals surface area (Å²) in [6, 6.07) is 13.2. The van der Waals surface area contributed by atoms with Gasteiger partial charge in [-0.2, -0.15) is 0 Å². The van der Waals surface area contributed by atoms with Gasteiger partial charge < -0.3 is 4.57 Å². The summed E-state index contributed by atoms with van der Waals surface area (Å²) in [5.74, 6) is -0.369. The fourth-order valence-electron chi connectivity index (χ4n) is 2.35. The monoisotopic (exact) mass is 273 g/mol. The van der Waals surface area contributed by atoms with E-state index in [-0.39, 0.29) is 10.8 Å². The van der Waals surface area contributed by atoms with E-state index in [1.54, 1.807) is 6.07 Å². The molecular weight excluding hydrogens is 261 g/mol. The Kier molecular flexibility index (Phi) is 3.03. The first-order valence-corrected chi connectivity index (χ1v) is 6.51. The maximum Gasteiger partial charge on any atom is 0.142 e. The minimum absolute atomic E-state index is 0.164. The van der Waals surface area contributed by atoms with Crippen molar-refractivity contribution in [2.24, 2.45) is 0 Å². The Morgan fingerprint density at radius 2 is 2.00 bits per heavy atom. The van der Waals surface area contributed by atoms with Crippen LogP contribution in [0.4, 0.5) is 4.39 Å². The number of hydrogen-bond acceptors (Lipinski definition) is 0. The highest BCUT2D eigenvalue weighted by Crippen LogP contribution is 2.22. The molecule has 3 rings (SSSR count). The number of halogens is 2. The number of benzene rings is 2.